The Bertz CT molecular complexity index is 413. The van der Waals surface area contributed by atoms with Crippen molar-refractivity contribution < 1.29 is 14.7 Å². The highest BCUT2D eigenvalue weighted by atomic mass is 79.9. The molecule has 0 aliphatic carbocycles. The van der Waals surface area contributed by atoms with Gasteiger partial charge in [-0.2, -0.15) is 0 Å². The lowest BCUT2D eigenvalue weighted by Crippen LogP contribution is -2.19. The van der Waals surface area contributed by atoms with E-state index < -0.39 is 12.1 Å². The summed E-state index contributed by atoms with van der Waals surface area (Å²) in [6.07, 6.45) is -0.527. The van der Waals surface area contributed by atoms with Gasteiger partial charge in [-0.05, 0) is 17.7 Å². The Morgan fingerprint density at radius 2 is 2.13 bits per heavy atom. The highest BCUT2D eigenvalue weighted by Crippen LogP contribution is 2.18. The van der Waals surface area contributed by atoms with E-state index >= 15 is 0 Å². The van der Waals surface area contributed by atoms with Crippen molar-refractivity contribution in [3.05, 3.63) is 34.3 Å². The summed E-state index contributed by atoms with van der Waals surface area (Å²) >= 11 is 3.32. The average molecular weight is 270 g/mol. The van der Waals surface area contributed by atoms with Crippen molar-refractivity contribution >= 4 is 27.6 Å². The normalized spacial score (nSPS) is 19.5. The molecule has 4 nitrogen and oxygen atoms in total. The Kier molecular flexibility index (Phi) is 2.73. The summed E-state index contributed by atoms with van der Waals surface area (Å²) in [5.74, 6) is -0.981. The van der Waals surface area contributed by atoms with Crippen LogP contribution in [0.2, 0.25) is 0 Å². The van der Waals surface area contributed by atoms with Gasteiger partial charge in [0, 0.05) is 10.9 Å². The third-order valence-corrected chi connectivity index (χ3v) is 2.65. The van der Waals surface area contributed by atoms with Crippen LogP contribution in [-0.4, -0.2) is 22.9 Å². The molecule has 5 heteroatoms. The van der Waals surface area contributed by atoms with Crippen LogP contribution in [0.15, 0.2) is 33.9 Å². The van der Waals surface area contributed by atoms with Crippen molar-refractivity contribution in [1.82, 2.24) is 0 Å². The number of carbonyl (C=O) groups is 1. The number of aliphatic carboxylic acids is 1. The monoisotopic (exact) mass is 269 g/mol. The van der Waals surface area contributed by atoms with E-state index in [0.717, 1.165) is 10.0 Å². The van der Waals surface area contributed by atoms with E-state index in [0.29, 0.717) is 12.1 Å². The van der Waals surface area contributed by atoms with E-state index in [4.69, 9.17) is 9.94 Å². The van der Waals surface area contributed by atoms with Crippen molar-refractivity contribution in [2.45, 2.75) is 12.5 Å². The predicted molar refractivity (Wildman–Crippen MR) is 57.8 cm³/mol. The first-order valence-corrected chi connectivity index (χ1v) is 5.17. The molecule has 0 amide bonds. The molecule has 1 aliphatic rings. The first-order valence-electron chi connectivity index (χ1n) is 4.38. The van der Waals surface area contributed by atoms with Crippen LogP contribution in [-0.2, 0) is 9.63 Å². The lowest BCUT2D eigenvalue weighted by molar-refractivity contribution is -0.148. The minimum Gasteiger partial charge on any atom is -0.478 e. The molecule has 1 aliphatic heterocycles. The van der Waals surface area contributed by atoms with E-state index in [9.17, 15) is 4.79 Å². The van der Waals surface area contributed by atoms with E-state index in [1.807, 2.05) is 24.3 Å². The van der Waals surface area contributed by atoms with Gasteiger partial charge in [0.15, 0.2) is 0 Å². The zero-order valence-electron chi connectivity index (χ0n) is 7.68. The summed E-state index contributed by atoms with van der Waals surface area (Å²) < 4.78 is 0.973. The van der Waals surface area contributed by atoms with Gasteiger partial charge in [-0.3, -0.25) is 0 Å². The number of halogens is 1. The topological polar surface area (TPSA) is 58.9 Å². The quantitative estimate of drug-likeness (QED) is 0.894. The number of carboxylic acid groups (broad SMARTS) is 1. The predicted octanol–water partition coefficient (Wildman–Crippen LogP) is 2.03. The highest BCUT2D eigenvalue weighted by molar-refractivity contribution is 9.10. The second-order valence-electron chi connectivity index (χ2n) is 3.18. The van der Waals surface area contributed by atoms with Crippen molar-refractivity contribution in [3.8, 4) is 0 Å². The van der Waals surface area contributed by atoms with Crippen LogP contribution < -0.4 is 0 Å². The number of nitrogens with zero attached hydrogens (tertiary/aromatic N) is 1. The Morgan fingerprint density at radius 1 is 1.47 bits per heavy atom. The summed E-state index contributed by atoms with van der Waals surface area (Å²) in [5, 5.41) is 12.5. The number of carboxylic acids is 1. The van der Waals surface area contributed by atoms with Gasteiger partial charge in [0.05, 0.1) is 5.71 Å². The molecule has 0 radical (unpaired) electrons. The van der Waals surface area contributed by atoms with Gasteiger partial charge in [0.25, 0.3) is 0 Å². The molecule has 0 saturated heterocycles. The molecule has 1 heterocycles. The SMILES string of the molecule is O=C(O)[C@H]1CC(c2ccc(Br)cc2)=NO1. The van der Waals surface area contributed by atoms with Gasteiger partial charge in [-0.1, -0.05) is 33.2 Å². The van der Waals surface area contributed by atoms with Gasteiger partial charge < -0.3 is 9.94 Å². The first kappa shape index (κ1) is 10.2. The van der Waals surface area contributed by atoms with Crippen LogP contribution in [0.25, 0.3) is 0 Å². The number of rotatable bonds is 2. The highest BCUT2D eigenvalue weighted by Gasteiger charge is 2.28. The van der Waals surface area contributed by atoms with Crippen molar-refractivity contribution in [2.24, 2.45) is 5.16 Å². The molecule has 2 rings (SSSR count). The molecule has 0 unspecified atom stereocenters. The standard InChI is InChI=1S/C10H8BrNO3/c11-7-3-1-6(2-4-7)8-5-9(10(13)14)15-12-8/h1-4,9H,5H2,(H,13,14)/t9-/m1/s1. The van der Waals surface area contributed by atoms with Crippen molar-refractivity contribution in [2.75, 3.05) is 0 Å². The van der Waals surface area contributed by atoms with E-state index in [-0.39, 0.29) is 0 Å². The minimum absolute atomic E-state index is 0.316. The molecule has 1 aromatic carbocycles. The maximum absolute atomic E-state index is 10.6. The fourth-order valence-electron chi connectivity index (χ4n) is 1.32. The second-order valence-corrected chi connectivity index (χ2v) is 4.10. The van der Waals surface area contributed by atoms with Crippen LogP contribution in [0, 0.1) is 0 Å². The van der Waals surface area contributed by atoms with Gasteiger partial charge in [0.1, 0.15) is 0 Å². The van der Waals surface area contributed by atoms with Gasteiger partial charge in [-0.25, -0.2) is 4.79 Å². The fourth-order valence-corrected chi connectivity index (χ4v) is 1.59. The number of hydrogen-bond acceptors (Lipinski definition) is 3. The number of benzene rings is 1. The van der Waals surface area contributed by atoms with Crippen LogP contribution in [0.4, 0.5) is 0 Å². The summed E-state index contributed by atoms with van der Waals surface area (Å²) in [6, 6.07) is 7.50. The van der Waals surface area contributed by atoms with E-state index in [1.54, 1.807) is 0 Å². The number of oxime groups is 1. The zero-order chi connectivity index (χ0) is 10.8. The Morgan fingerprint density at radius 3 is 2.67 bits per heavy atom. The molecule has 1 N–H and O–H groups in total. The zero-order valence-corrected chi connectivity index (χ0v) is 9.27. The van der Waals surface area contributed by atoms with Crippen LogP contribution >= 0.6 is 15.9 Å². The smallest absolute Gasteiger partial charge is 0.348 e. The molecule has 1 aromatic rings. The third kappa shape index (κ3) is 2.18. The fraction of sp³-hybridized carbons (Fsp3) is 0.200. The van der Waals surface area contributed by atoms with Crippen LogP contribution in [0.3, 0.4) is 0 Å². The van der Waals surface area contributed by atoms with Gasteiger partial charge in [0.2, 0.25) is 6.10 Å². The van der Waals surface area contributed by atoms with Crippen molar-refractivity contribution in [1.29, 1.82) is 0 Å². The van der Waals surface area contributed by atoms with Crippen LogP contribution in [0.5, 0.6) is 0 Å². The molecular weight excluding hydrogens is 262 g/mol. The third-order valence-electron chi connectivity index (χ3n) is 2.12. The van der Waals surface area contributed by atoms with E-state index in [2.05, 4.69) is 21.1 Å². The maximum Gasteiger partial charge on any atom is 0.348 e. The lowest BCUT2D eigenvalue weighted by atomic mass is 10.1. The van der Waals surface area contributed by atoms with E-state index in [1.165, 1.54) is 0 Å². The average Bonchev–Trinajstić information content (AvgIpc) is 2.68. The summed E-state index contributed by atoms with van der Waals surface area (Å²) in [5.41, 5.74) is 1.57. The Balaban J connectivity index is 2.14. The molecule has 0 bridgehead atoms. The Hall–Kier alpha value is -1.36. The molecule has 78 valence electrons. The lowest BCUT2D eigenvalue weighted by Gasteiger charge is -2.00. The minimum atomic E-state index is -0.981. The molecule has 15 heavy (non-hydrogen) atoms. The van der Waals surface area contributed by atoms with Crippen molar-refractivity contribution in [3.63, 3.8) is 0 Å². The molecule has 0 saturated carbocycles. The first-order chi connectivity index (χ1) is 7.16. The number of hydrogen-bond donors (Lipinski definition) is 1. The van der Waals surface area contributed by atoms with Gasteiger partial charge >= 0.3 is 5.97 Å². The largest absolute Gasteiger partial charge is 0.478 e. The molecule has 0 spiro atoms. The molecule has 0 aromatic heterocycles. The molecule has 0 fully saturated rings. The summed E-state index contributed by atoms with van der Waals surface area (Å²) in [6.45, 7) is 0. The second kappa shape index (κ2) is 4.02. The maximum atomic E-state index is 10.6. The Labute approximate surface area is 94.7 Å². The van der Waals surface area contributed by atoms with Crippen LogP contribution in [0.1, 0.15) is 12.0 Å². The molecular formula is C10H8BrNO3. The van der Waals surface area contributed by atoms with Gasteiger partial charge in [-0.15, -0.1) is 0 Å². The summed E-state index contributed by atoms with van der Waals surface area (Å²) in [7, 11) is 0. The molecule has 1 atom stereocenters. The summed E-state index contributed by atoms with van der Waals surface area (Å²) in [4.78, 5) is 15.4.